The number of allylic oxidation sites excluding steroid dienone is 1. The van der Waals surface area contributed by atoms with Gasteiger partial charge in [-0.05, 0) is 23.9 Å². The third-order valence-electron chi connectivity index (χ3n) is 2.50. The van der Waals surface area contributed by atoms with E-state index in [-0.39, 0.29) is 17.3 Å². The van der Waals surface area contributed by atoms with Crippen molar-refractivity contribution in [1.82, 2.24) is 0 Å². The first kappa shape index (κ1) is 10.1. The number of carboxylic acid groups (broad SMARTS) is 1. The van der Waals surface area contributed by atoms with Gasteiger partial charge >= 0.3 is 5.97 Å². The van der Waals surface area contributed by atoms with Crippen molar-refractivity contribution in [3.05, 3.63) is 34.0 Å². The van der Waals surface area contributed by atoms with Crippen LogP contribution in [0.4, 0.5) is 0 Å². The van der Waals surface area contributed by atoms with Crippen LogP contribution in [0.1, 0.15) is 23.6 Å². The highest BCUT2D eigenvalue weighted by molar-refractivity contribution is 7.10. The first-order chi connectivity index (χ1) is 7.18. The van der Waals surface area contributed by atoms with Gasteiger partial charge in [0.05, 0.1) is 0 Å². The molecule has 78 valence electrons. The second-order valence-electron chi connectivity index (χ2n) is 3.48. The zero-order valence-electron chi connectivity index (χ0n) is 7.97. The Kier molecular flexibility index (Phi) is 2.68. The zero-order chi connectivity index (χ0) is 10.8. The molecule has 0 saturated carbocycles. The van der Waals surface area contributed by atoms with Crippen LogP contribution in [0.15, 0.2) is 29.2 Å². The minimum Gasteiger partial charge on any atom is -0.478 e. The summed E-state index contributed by atoms with van der Waals surface area (Å²) in [6.45, 7) is 0. The molecule has 0 aromatic carbocycles. The van der Waals surface area contributed by atoms with Crippen molar-refractivity contribution in [2.45, 2.75) is 18.8 Å². The molecular weight excluding hydrogens is 212 g/mol. The van der Waals surface area contributed by atoms with Crippen molar-refractivity contribution >= 4 is 23.1 Å². The van der Waals surface area contributed by atoms with Gasteiger partial charge in [0.15, 0.2) is 5.78 Å². The lowest BCUT2D eigenvalue weighted by Gasteiger charge is -2.19. The maximum Gasteiger partial charge on any atom is 0.332 e. The smallest absolute Gasteiger partial charge is 0.332 e. The molecule has 3 nitrogen and oxygen atoms in total. The number of carbonyl (C=O) groups excluding carboxylic acids is 1. The Hall–Kier alpha value is -1.42. The van der Waals surface area contributed by atoms with Crippen molar-refractivity contribution in [2.24, 2.45) is 0 Å². The fraction of sp³-hybridized carbons (Fsp3) is 0.273. The topological polar surface area (TPSA) is 54.4 Å². The minimum absolute atomic E-state index is 0.0831. The van der Waals surface area contributed by atoms with Gasteiger partial charge in [0.1, 0.15) is 0 Å². The molecule has 1 aromatic heterocycles. The molecule has 0 aliphatic heterocycles. The first-order valence-corrected chi connectivity index (χ1v) is 5.57. The molecule has 0 amide bonds. The fourth-order valence-electron chi connectivity index (χ4n) is 1.78. The molecule has 2 rings (SSSR count). The summed E-state index contributed by atoms with van der Waals surface area (Å²) in [6, 6.07) is 3.82. The van der Waals surface area contributed by atoms with Gasteiger partial charge in [0.2, 0.25) is 0 Å². The highest BCUT2D eigenvalue weighted by Crippen LogP contribution is 2.35. The summed E-state index contributed by atoms with van der Waals surface area (Å²) >= 11 is 1.54. The number of carboxylic acids is 1. The molecule has 1 atom stereocenters. The third-order valence-corrected chi connectivity index (χ3v) is 3.49. The zero-order valence-corrected chi connectivity index (χ0v) is 8.79. The van der Waals surface area contributed by atoms with E-state index < -0.39 is 5.97 Å². The van der Waals surface area contributed by atoms with E-state index in [0.717, 1.165) is 4.88 Å². The van der Waals surface area contributed by atoms with Gasteiger partial charge in [0, 0.05) is 22.8 Å². The molecule has 1 aliphatic rings. The predicted octanol–water partition coefficient (Wildman–Crippen LogP) is 2.21. The van der Waals surface area contributed by atoms with Crippen LogP contribution in [0.2, 0.25) is 0 Å². The van der Waals surface area contributed by atoms with E-state index >= 15 is 0 Å². The average Bonchev–Trinajstić information content (AvgIpc) is 2.70. The van der Waals surface area contributed by atoms with E-state index in [9.17, 15) is 9.59 Å². The number of hydrogen-bond donors (Lipinski definition) is 1. The van der Waals surface area contributed by atoms with Crippen LogP contribution in [0.3, 0.4) is 0 Å². The number of carbonyl (C=O) groups is 2. The summed E-state index contributed by atoms with van der Waals surface area (Å²) in [5.74, 6) is -1.18. The molecule has 15 heavy (non-hydrogen) atoms. The maximum atomic E-state index is 11.2. The monoisotopic (exact) mass is 222 g/mol. The van der Waals surface area contributed by atoms with Gasteiger partial charge in [-0.15, -0.1) is 11.3 Å². The molecule has 1 unspecified atom stereocenters. The van der Waals surface area contributed by atoms with E-state index in [4.69, 9.17) is 5.11 Å². The summed E-state index contributed by atoms with van der Waals surface area (Å²) in [6.07, 6.45) is 2.33. The molecule has 0 radical (unpaired) electrons. The molecule has 1 aliphatic carbocycles. The Morgan fingerprint density at radius 3 is 2.93 bits per heavy atom. The number of hydrogen-bond acceptors (Lipinski definition) is 3. The molecule has 0 saturated heterocycles. The van der Waals surface area contributed by atoms with Crippen LogP contribution in [0.5, 0.6) is 0 Å². The molecule has 1 aromatic rings. The minimum atomic E-state index is -0.985. The lowest BCUT2D eigenvalue weighted by molar-refractivity contribution is -0.133. The molecule has 0 bridgehead atoms. The molecule has 4 heteroatoms. The van der Waals surface area contributed by atoms with Gasteiger partial charge in [-0.2, -0.15) is 0 Å². The van der Waals surface area contributed by atoms with Gasteiger partial charge in [-0.1, -0.05) is 6.07 Å². The van der Waals surface area contributed by atoms with E-state index in [1.165, 1.54) is 17.4 Å². The molecular formula is C11H10O3S. The number of thiophene rings is 1. The molecule has 1 heterocycles. The first-order valence-electron chi connectivity index (χ1n) is 4.69. The Bertz CT molecular complexity index is 417. The third kappa shape index (κ3) is 1.99. The Morgan fingerprint density at radius 2 is 2.33 bits per heavy atom. The van der Waals surface area contributed by atoms with Crippen LogP contribution in [-0.4, -0.2) is 16.9 Å². The summed E-state index contributed by atoms with van der Waals surface area (Å²) in [5, 5.41) is 10.9. The molecule has 1 N–H and O–H groups in total. The number of rotatable bonds is 2. The van der Waals surface area contributed by atoms with Crippen molar-refractivity contribution in [1.29, 1.82) is 0 Å². The standard InChI is InChI=1S/C11H10O3S/c12-7-3-4-8(9(6-7)11(13)14)10-2-1-5-15-10/h1-2,5-6,8H,3-4H2,(H,13,14). The molecule has 0 fully saturated rings. The highest BCUT2D eigenvalue weighted by Gasteiger charge is 2.28. The fourth-order valence-corrected chi connectivity index (χ4v) is 2.66. The predicted molar refractivity (Wildman–Crippen MR) is 57.0 cm³/mol. The highest BCUT2D eigenvalue weighted by atomic mass is 32.1. The van der Waals surface area contributed by atoms with Crippen molar-refractivity contribution in [3.63, 3.8) is 0 Å². The Labute approximate surface area is 91.0 Å². The second kappa shape index (κ2) is 3.98. The van der Waals surface area contributed by atoms with Gasteiger partial charge in [-0.3, -0.25) is 4.79 Å². The number of aliphatic carboxylic acids is 1. The van der Waals surface area contributed by atoms with E-state index in [2.05, 4.69) is 0 Å². The molecule has 0 spiro atoms. The van der Waals surface area contributed by atoms with Gasteiger partial charge < -0.3 is 5.11 Å². The van der Waals surface area contributed by atoms with Crippen molar-refractivity contribution in [2.75, 3.05) is 0 Å². The summed E-state index contributed by atoms with van der Waals surface area (Å²) in [7, 11) is 0. The lowest BCUT2D eigenvalue weighted by atomic mass is 9.86. The summed E-state index contributed by atoms with van der Waals surface area (Å²) in [5.41, 5.74) is 0.230. The van der Waals surface area contributed by atoms with Crippen LogP contribution < -0.4 is 0 Å². The van der Waals surface area contributed by atoms with Gasteiger partial charge in [-0.25, -0.2) is 4.79 Å². The van der Waals surface area contributed by atoms with E-state index in [1.54, 1.807) is 0 Å². The largest absolute Gasteiger partial charge is 0.478 e. The van der Waals surface area contributed by atoms with Crippen LogP contribution in [0.25, 0.3) is 0 Å². The lowest BCUT2D eigenvalue weighted by Crippen LogP contribution is -2.17. The van der Waals surface area contributed by atoms with E-state index in [1.807, 2.05) is 17.5 Å². The van der Waals surface area contributed by atoms with E-state index in [0.29, 0.717) is 12.8 Å². The second-order valence-corrected chi connectivity index (χ2v) is 4.46. The van der Waals surface area contributed by atoms with Crippen molar-refractivity contribution in [3.8, 4) is 0 Å². The Balaban J connectivity index is 2.36. The van der Waals surface area contributed by atoms with Crippen molar-refractivity contribution < 1.29 is 14.7 Å². The average molecular weight is 222 g/mol. The quantitative estimate of drug-likeness (QED) is 0.834. The van der Waals surface area contributed by atoms with Crippen LogP contribution >= 0.6 is 11.3 Å². The van der Waals surface area contributed by atoms with Gasteiger partial charge in [0.25, 0.3) is 0 Å². The summed E-state index contributed by atoms with van der Waals surface area (Å²) in [4.78, 5) is 23.2. The maximum absolute atomic E-state index is 11.2. The normalized spacial score (nSPS) is 21.2. The van der Waals surface area contributed by atoms with Crippen LogP contribution in [-0.2, 0) is 9.59 Å². The van der Waals surface area contributed by atoms with Crippen LogP contribution in [0, 0.1) is 0 Å². The number of ketones is 1. The Morgan fingerprint density at radius 1 is 1.53 bits per heavy atom. The SMILES string of the molecule is O=C1C=C(C(=O)O)C(c2cccs2)CC1. The summed E-state index contributed by atoms with van der Waals surface area (Å²) < 4.78 is 0.